The Hall–Kier alpha value is -0.980. The average molecular weight is 214 g/mol. The monoisotopic (exact) mass is 214 g/mol. The van der Waals surface area contributed by atoms with Gasteiger partial charge in [-0.3, -0.25) is 4.68 Å². The van der Waals surface area contributed by atoms with Gasteiger partial charge in [0.25, 0.3) is 0 Å². The van der Waals surface area contributed by atoms with Crippen LogP contribution in [0.15, 0.2) is 6.33 Å². The molecule has 0 aliphatic heterocycles. The quantitative estimate of drug-likeness (QED) is 0.595. The maximum absolute atomic E-state index is 5.28. The van der Waals surface area contributed by atoms with Gasteiger partial charge >= 0.3 is 0 Å². The van der Waals surface area contributed by atoms with Crippen LogP contribution in [0.25, 0.3) is 0 Å². The molecule has 6 heteroatoms. The lowest BCUT2D eigenvalue weighted by Crippen LogP contribution is -2.20. The van der Waals surface area contributed by atoms with Crippen LogP contribution in [0.4, 0.5) is 0 Å². The molecule has 1 aromatic heterocycles. The number of nitrogens with zero attached hydrogens (tertiary/aromatic N) is 3. The molecule has 15 heavy (non-hydrogen) atoms. The molecule has 0 saturated heterocycles. The van der Waals surface area contributed by atoms with Crippen LogP contribution >= 0.6 is 0 Å². The molecular weight excluding hydrogens is 196 g/mol. The Morgan fingerprint density at radius 1 is 1.40 bits per heavy atom. The molecule has 1 N–H and O–H groups in total. The van der Waals surface area contributed by atoms with E-state index in [9.17, 15) is 0 Å². The van der Waals surface area contributed by atoms with Gasteiger partial charge in [-0.2, -0.15) is 5.10 Å². The fraction of sp³-hybridized carbons (Fsp3) is 0.778. The summed E-state index contributed by atoms with van der Waals surface area (Å²) >= 11 is 0. The second kappa shape index (κ2) is 7.33. The Morgan fingerprint density at radius 3 is 2.93 bits per heavy atom. The molecular formula is C9H18N4O2. The van der Waals surface area contributed by atoms with Crippen molar-refractivity contribution in [1.29, 1.82) is 0 Å². The van der Waals surface area contributed by atoms with Crippen LogP contribution in [0.3, 0.4) is 0 Å². The number of hydrogen-bond donors (Lipinski definition) is 1. The zero-order valence-corrected chi connectivity index (χ0v) is 9.27. The summed E-state index contributed by atoms with van der Waals surface area (Å²) < 4.78 is 11.8. The molecule has 6 nitrogen and oxygen atoms in total. The predicted molar refractivity (Wildman–Crippen MR) is 55.4 cm³/mol. The summed E-state index contributed by atoms with van der Waals surface area (Å²) in [5.41, 5.74) is 0. The Bertz CT molecular complexity index is 264. The highest BCUT2D eigenvalue weighted by molar-refractivity contribution is 4.79. The van der Waals surface area contributed by atoms with Crippen molar-refractivity contribution in [2.45, 2.75) is 6.54 Å². The molecule has 0 bridgehead atoms. The van der Waals surface area contributed by atoms with Gasteiger partial charge < -0.3 is 14.8 Å². The topological polar surface area (TPSA) is 61.2 Å². The summed E-state index contributed by atoms with van der Waals surface area (Å²) in [6.07, 6.45) is 1.69. The van der Waals surface area contributed by atoms with Gasteiger partial charge in [0.05, 0.1) is 26.4 Å². The molecule has 0 aliphatic carbocycles. The summed E-state index contributed by atoms with van der Waals surface area (Å²) in [5.74, 6) is 0.800. The largest absolute Gasteiger partial charge is 0.382 e. The normalized spacial score (nSPS) is 10.8. The van der Waals surface area contributed by atoms with Crippen molar-refractivity contribution in [2.75, 3.05) is 33.5 Å². The lowest BCUT2D eigenvalue weighted by molar-refractivity contribution is 0.0718. The third-order valence-corrected chi connectivity index (χ3v) is 1.79. The Kier molecular flexibility index (Phi) is 5.91. The highest BCUT2D eigenvalue weighted by Crippen LogP contribution is 1.86. The van der Waals surface area contributed by atoms with Gasteiger partial charge in [-0.25, -0.2) is 4.98 Å². The van der Waals surface area contributed by atoms with Crippen molar-refractivity contribution in [3.05, 3.63) is 12.2 Å². The Labute approximate surface area is 89.6 Å². The number of aryl methyl sites for hydroxylation is 1. The number of ether oxygens (including phenoxy) is 2. The van der Waals surface area contributed by atoms with E-state index < -0.39 is 0 Å². The summed E-state index contributed by atoms with van der Waals surface area (Å²) in [7, 11) is 3.51. The first-order valence-electron chi connectivity index (χ1n) is 4.95. The fourth-order valence-electron chi connectivity index (χ4n) is 1.05. The highest BCUT2D eigenvalue weighted by atomic mass is 16.5. The molecule has 0 aliphatic rings. The van der Waals surface area contributed by atoms with E-state index >= 15 is 0 Å². The minimum absolute atomic E-state index is 0.639. The van der Waals surface area contributed by atoms with E-state index in [1.54, 1.807) is 18.1 Å². The van der Waals surface area contributed by atoms with Gasteiger partial charge in [0.1, 0.15) is 6.33 Å². The zero-order chi connectivity index (χ0) is 10.9. The van der Waals surface area contributed by atoms with E-state index in [0.29, 0.717) is 26.4 Å². The maximum Gasteiger partial charge on any atom is 0.164 e. The number of methoxy groups -OCH3 is 1. The molecule has 0 radical (unpaired) electrons. The van der Waals surface area contributed by atoms with E-state index in [1.165, 1.54) is 0 Å². The van der Waals surface area contributed by atoms with Crippen LogP contribution < -0.4 is 5.32 Å². The first-order valence-corrected chi connectivity index (χ1v) is 4.95. The average Bonchev–Trinajstić information content (AvgIpc) is 2.63. The van der Waals surface area contributed by atoms with Crippen molar-refractivity contribution >= 4 is 0 Å². The minimum Gasteiger partial charge on any atom is -0.382 e. The fourth-order valence-corrected chi connectivity index (χ4v) is 1.05. The third kappa shape index (κ3) is 5.46. The molecule has 0 unspecified atom stereocenters. The van der Waals surface area contributed by atoms with Gasteiger partial charge in [-0.05, 0) is 0 Å². The molecule has 86 valence electrons. The second-order valence-electron chi connectivity index (χ2n) is 3.12. The van der Waals surface area contributed by atoms with Crippen molar-refractivity contribution in [3.63, 3.8) is 0 Å². The zero-order valence-electron chi connectivity index (χ0n) is 9.27. The molecule has 0 spiro atoms. The predicted octanol–water partition coefficient (Wildman–Crippen LogP) is -0.432. The Morgan fingerprint density at radius 2 is 2.27 bits per heavy atom. The van der Waals surface area contributed by atoms with Crippen LogP contribution in [0.1, 0.15) is 5.82 Å². The number of hydrogen-bond acceptors (Lipinski definition) is 5. The SMILES string of the molecule is COCCOCCNCc1ncn(C)n1. The lowest BCUT2D eigenvalue weighted by atomic mass is 10.5. The molecule has 1 heterocycles. The van der Waals surface area contributed by atoms with Gasteiger partial charge in [-0.15, -0.1) is 0 Å². The molecule has 0 fully saturated rings. The first kappa shape index (κ1) is 12.1. The second-order valence-corrected chi connectivity index (χ2v) is 3.12. The smallest absolute Gasteiger partial charge is 0.164 e. The highest BCUT2D eigenvalue weighted by Gasteiger charge is 1.96. The minimum atomic E-state index is 0.639. The lowest BCUT2D eigenvalue weighted by Gasteiger charge is -2.03. The third-order valence-electron chi connectivity index (χ3n) is 1.79. The van der Waals surface area contributed by atoms with E-state index in [1.807, 2.05) is 7.05 Å². The standard InChI is InChI=1S/C9H18N4O2/c1-13-8-11-9(12-13)7-10-3-4-15-6-5-14-2/h8,10H,3-7H2,1-2H3. The van der Waals surface area contributed by atoms with Crippen molar-refractivity contribution in [3.8, 4) is 0 Å². The van der Waals surface area contributed by atoms with Crippen LogP contribution in [-0.2, 0) is 23.1 Å². The Balaban J connectivity index is 1.93. The molecule has 1 aromatic rings. The summed E-state index contributed by atoms with van der Waals surface area (Å²) in [5, 5.41) is 7.33. The van der Waals surface area contributed by atoms with Crippen LogP contribution in [0.2, 0.25) is 0 Å². The van der Waals surface area contributed by atoms with Crippen molar-refractivity contribution in [2.24, 2.45) is 7.05 Å². The van der Waals surface area contributed by atoms with Gasteiger partial charge in [0, 0.05) is 20.7 Å². The first-order chi connectivity index (χ1) is 7.33. The van der Waals surface area contributed by atoms with E-state index in [0.717, 1.165) is 12.4 Å². The van der Waals surface area contributed by atoms with E-state index in [-0.39, 0.29) is 0 Å². The summed E-state index contributed by atoms with van der Waals surface area (Å²) in [4.78, 5) is 4.09. The maximum atomic E-state index is 5.28. The summed E-state index contributed by atoms with van der Waals surface area (Å²) in [6.45, 7) is 3.43. The van der Waals surface area contributed by atoms with Crippen LogP contribution in [0.5, 0.6) is 0 Å². The van der Waals surface area contributed by atoms with Crippen molar-refractivity contribution < 1.29 is 9.47 Å². The van der Waals surface area contributed by atoms with Crippen LogP contribution in [0, 0.1) is 0 Å². The van der Waals surface area contributed by atoms with Crippen molar-refractivity contribution in [1.82, 2.24) is 20.1 Å². The number of rotatable bonds is 8. The van der Waals surface area contributed by atoms with Gasteiger partial charge in [-0.1, -0.05) is 0 Å². The van der Waals surface area contributed by atoms with E-state index in [4.69, 9.17) is 9.47 Å². The van der Waals surface area contributed by atoms with Crippen LogP contribution in [-0.4, -0.2) is 48.2 Å². The molecule has 0 atom stereocenters. The summed E-state index contributed by atoms with van der Waals surface area (Å²) in [6, 6.07) is 0. The van der Waals surface area contributed by atoms with E-state index in [2.05, 4.69) is 15.4 Å². The van der Waals surface area contributed by atoms with Gasteiger partial charge in [0.15, 0.2) is 5.82 Å². The molecule has 1 rings (SSSR count). The van der Waals surface area contributed by atoms with Gasteiger partial charge in [0.2, 0.25) is 0 Å². The number of aromatic nitrogens is 3. The molecule has 0 amide bonds. The molecule has 0 aromatic carbocycles. The number of nitrogens with one attached hydrogen (secondary N) is 1. The molecule has 0 saturated carbocycles.